The molecule has 2 aromatic rings. The van der Waals surface area contributed by atoms with E-state index in [9.17, 15) is 18.0 Å². The number of hydrogen-bond donors (Lipinski definition) is 0. The van der Waals surface area contributed by atoms with Gasteiger partial charge in [0.1, 0.15) is 0 Å². The minimum atomic E-state index is -3.59. The molecule has 0 unspecified atom stereocenters. The number of carbonyl (C=O) groups excluding carboxylic acids is 2. The van der Waals surface area contributed by atoms with Gasteiger partial charge in [0.25, 0.3) is 0 Å². The summed E-state index contributed by atoms with van der Waals surface area (Å²) in [5.41, 5.74) is 3.37. The van der Waals surface area contributed by atoms with Crippen LogP contribution in [0.3, 0.4) is 0 Å². The van der Waals surface area contributed by atoms with Gasteiger partial charge in [-0.05, 0) is 61.2 Å². The van der Waals surface area contributed by atoms with Gasteiger partial charge in [-0.25, -0.2) is 8.42 Å². The molecular formula is C25H29N3O4S. The van der Waals surface area contributed by atoms with Crippen molar-refractivity contribution in [2.75, 3.05) is 37.6 Å². The van der Waals surface area contributed by atoms with Crippen LogP contribution in [-0.2, 0) is 19.6 Å². The third kappa shape index (κ3) is 5.02. The van der Waals surface area contributed by atoms with E-state index in [1.165, 1.54) is 10.4 Å². The number of aryl methyl sites for hydroxylation is 2. The third-order valence-electron chi connectivity index (χ3n) is 6.21. The predicted octanol–water partition coefficient (Wildman–Crippen LogP) is 2.98. The summed E-state index contributed by atoms with van der Waals surface area (Å²) in [6.45, 7) is 5.67. The van der Waals surface area contributed by atoms with Crippen LogP contribution in [0.2, 0.25) is 0 Å². The van der Waals surface area contributed by atoms with Gasteiger partial charge in [0, 0.05) is 50.9 Å². The summed E-state index contributed by atoms with van der Waals surface area (Å²) in [6.07, 6.45) is 4.74. The number of carbonyl (C=O) groups is 2. The van der Waals surface area contributed by atoms with Crippen LogP contribution in [0.4, 0.5) is 5.69 Å². The van der Waals surface area contributed by atoms with Crippen LogP contribution in [0.5, 0.6) is 0 Å². The number of sulfonamides is 1. The molecule has 7 nitrogen and oxygen atoms in total. The molecule has 2 heterocycles. The van der Waals surface area contributed by atoms with Gasteiger partial charge in [0.15, 0.2) is 0 Å². The Morgan fingerprint density at radius 1 is 0.939 bits per heavy atom. The summed E-state index contributed by atoms with van der Waals surface area (Å²) in [7, 11) is -3.59. The van der Waals surface area contributed by atoms with E-state index in [2.05, 4.69) is 0 Å². The highest BCUT2D eigenvalue weighted by atomic mass is 32.2. The lowest BCUT2D eigenvalue weighted by molar-refractivity contribution is -0.127. The Labute approximate surface area is 195 Å². The van der Waals surface area contributed by atoms with Gasteiger partial charge < -0.3 is 9.80 Å². The molecule has 2 saturated heterocycles. The molecule has 0 radical (unpaired) electrons. The van der Waals surface area contributed by atoms with E-state index in [-0.39, 0.29) is 24.9 Å². The van der Waals surface area contributed by atoms with Gasteiger partial charge in [0.05, 0.1) is 4.90 Å². The Morgan fingerprint density at radius 2 is 1.64 bits per heavy atom. The Kier molecular flexibility index (Phi) is 6.67. The number of nitrogens with zero attached hydrogens (tertiary/aromatic N) is 3. The molecule has 2 fully saturated rings. The number of rotatable bonds is 5. The Hall–Kier alpha value is -2.97. The fourth-order valence-corrected chi connectivity index (χ4v) is 5.96. The van der Waals surface area contributed by atoms with Gasteiger partial charge in [-0.15, -0.1) is 0 Å². The molecular weight excluding hydrogens is 438 g/mol. The maximum atomic E-state index is 13.1. The lowest BCUT2D eigenvalue weighted by atomic mass is 10.2. The summed E-state index contributed by atoms with van der Waals surface area (Å²) < 4.78 is 27.6. The first-order chi connectivity index (χ1) is 15.8. The molecule has 0 N–H and O–H groups in total. The van der Waals surface area contributed by atoms with Crippen molar-refractivity contribution in [2.45, 2.75) is 31.6 Å². The summed E-state index contributed by atoms with van der Waals surface area (Å²) in [5.74, 6) is 0.00441. The lowest BCUT2D eigenvalue weighted by Gasteiger charge is -2.33. The van der Waals surface area contributed by atoms with Crippen LogP contribution in [0.25, 0.3) is 6.08 Å². The standard InChI is InChI=1S/C25H29N3O4S/c1-19-5-6-20(2)23(18-19)33(31,32)27-16-14-26(15-17-27)24(29)12-9-21-7-10-22(11-8-21)28-13-3-4-25(28)30/h5-12,18H,3-4,13-17H2,1-2H3/b12-9+. The minimum absolute atomic E-state index is 0.141. The Balaban J connectivity index is 1.35. The quantitative estimate of drug-likeness (QED) is 0.634. The van der Waals surface area contributed by atoms with E-state index in [0.717, 1.165) is 35.3 Å². The topological polar surface area (TPSA) is 78.0 Å². The third-order valence-corrected chi connectivity index (χ3v) is 8.25. The van der Waals surface area contributed by atoms with Crippen molar-refractivity contribution in [1.82, 2.24) is 9.21 Å². The van der Waals surface area contributed by atoms with E-state index in [4.69, 9.17) is 0 Å². The fourth-order valence-electron chi connectivity index (χ4n) is 4.23. The highest BCUT2D eigenvalue weighted by Gasteiger charge is 2.30. The van der Waals surface area contributed by atoms with Crippen molar-refractivity contribution in [1.29, 1.82) is 0 Å². The molecule has 0 bridgehead atoms. The maximum absolute atomic E-state index is 13.1. The summed E-state index contributed by atoms with van der Waals surface area (Å²) in [4.78, 5) is 28.3. The summed E-state index contributed by atoms with van der Waals surface area (Å²) in [5, 5.41) is 0. The Morgan fingerprint density at radius 3 is 2.27 bits per heavy atom. The first-order valence-electron chi connectivity index (χ1n) is 11.2. The molecule has 174 valence electrons. The van der Waals surface area contributed by atoms with Crippen LogP contribution in [-0.4, -0.2) is 62.2 Å². The smallest absolute Gasteiger partial charge is 0.246 e. The van der Waals surface area contributed by atoms with Crippen LogP contribution < -0.4 is 4.90 Å². The van der Waals surface area contributed by atoms with Crippen LogP contribution in [0.1, 0.15) is 29.5 Å². The number of piperazine rings is 1. The highest BCUT2D eigenvalue weighted by molar-refractivity contribution is 7.89. The van der Waals surface area contributed by atoms with Crippen molar-refractivity contribution in [3.8, 4) is 0 Å². The van der Waals surface area contributed by atoms with E-state index in [0.29, 0.717) is 24.4 Å². The van der Waals surface area contributed by atoms with E-state index in [1.807, 2.05) is 43.3 Å². The van der Waals surface area contributed by atoms with Gasteiger partial charge in [-0.3, -0.25) is 9.59 Å². The SMILES string of the molecule is Cc1ccc(C)c(S(=O)(=O)N2CCN(C(=O)/C=C/c3ccc(N4CCCC4=O)cc3)CC2)c1. The zero-order valence-corrected chi connectivity index (χ0v) is 19.8. The zero-order chi connectivity index (χ0) is 23.6. The van der Waals surface area contributed by atoms with Gasteiger partial charge in [-0.1, -0.05) is 24.3 Å². The molecule has 2 aliphatic heterocycles. The monoisotopic (exact) mass is 467 g/mol. The average molecular weight is 468 g/mol. The van der Waals surface area contributed by atoms with E-state index >= 15 is 0 Å². The first kappa shape index (κ1) is 23.2. The molecule has 0 spiro atoms. The van der Waals surface area contributed by atoms with Crippen LogP contribution in [0, 0.1) is 13.8 Å². The summed E-state index contributed by atoms with van der Waals surface area (Å²) >= 11 is 0. The molecule has 0 aliphatic carbocycles. The number of benzene rings is 2. The lowest BCUT2D eigenvalue weighted by Crippen LogP contribution is -2.50. The van der Waals surface area contributed by atoms with Gasteiger partial charge in [-0.2, -0.15) is 4.31 Å². The summed E-state index contributed by atoms with van der Waals surface area (Å²) in [6, 6.07) is 13.0. The van der Waals surface area contributed by atoms with E-state index < -0.39 is 10.0 Å². The second-order valence-electron chi connectivity index (χ2n) is 8.57. The molecule has 33 heavy (non-hydrogen) atoms. The molecule has 2 aliphatic rings. The number of anilines is 1. The Bertz CT molecular complexity index is 1180. The second kappa shape index (κ2) is 9.49. The molecule has 8 heteroatoms. The van der Waals surface area contributed by atoms with Crippen molar-refractivity contribution in [3.63, 3.8) is 0 Å². The molecule has 2 aromatic carbocycles. The fraction of sp³-hybridized carbons (Fsp3) is 0.360. The number of amides is 2. The van der Waals surface area contributed by atoms with Gasteiger partial charge >= 0.3 is 0 Å². The normalized spacial score (nSPS) is 17.8. The largest absolute Gasteiger partial charge is 0.337 e. The first-order valence-corrected chi connectivity index (χ1v) is 12.6. The maximum Gasteiger partial charge on any atom is 0.246 e. The molecule has 0 saturated carbocycles. The van der Waals surface area contributed by atoms with Crippen LogP contribution in [0.15, 0.2) is 53.4 Å². The predicted molar refractivity (Wildman–Crippen MR) is 128 cm³/mol. The minimum Gasteiger partial charge on any atom is -0.337 e. The average Bonchev–Trinajstić information content (AvgIpc) is 3.25. The van der Waals surface area contributed by atoms with Crippen molar-refractivity contribution < 1.29 is 18.0 Å². The van der Waals surface area contributed by atoms with Crippen molar-refractivity contribution in [2.24, 2.45) is 0 Å². The highest BCUT2D eigenvalue weighted by Crippen LogP contribution is 2.23. The number of hydrogen-bond acceptors (Lipinski definition) is 4. The van der Waals surface area contributed by atoms with Gasteiger partial charge in [0.2, 0.25) is 21.8 Å². The van der Waals surface area contributed by atoms with Crippen LogP contribution >= 0.6 is 0 Å². The molecule has 0 atom stereocenters. The zero-order valence-electron chi connectivity index (χ0n) is 19.0. The molecule has 4 rings (SSSR count). The molecule has 2 amide bonds. The van der Waals surface area contributed by atoms with E-state index in [1.54, 1.807) is 28.9 Å². The molecule has 0 aromatic heterocycles. The van der Waals surface area contributed by atoms with Crippen molar-refractivity contribution in [3.05, 3.63) is 65.2 Å². The second-order valence-corrected chi connectivity index (χ2v) is 10.5. The van der Waals surface area contributed by atoms with Crippen molar-refractivity contribution >= 4 is 33.6 Å².